The highest BCUT2D eigenvalue weighted by atomic mass is 15.2. The quantitative estimate of drug-likeness (QED) is 0.490. The third-order valence-corrected chi connectivity index (χ3v) is 3.00. The van der Waals surface area contributed by atoms with Crippen molar-refractivity contribution >= 4 is 5.84 Å². The minimum atomic E-state index is 0.376. The molecule has 1 aliphatic heterocycles. The zero-order chi connectivity index (χ0) is 10.1. The second-order valence-electron chi connectivity index (χ2n) is 5.19. The van der Waals surface area contributed by atoms with Gasteiger partial charge >= 0.3 is 0 Å². The predicted octanol–water partition coefficient (Wildman–Crippen LogP) is 2.74. The first-order valence-electron chi connectivity index (χ1n) is 5.26. The maximum Gasteiger partial charge on any atom is 0.0983 e. The van der Waals surface area contributed by atoms with Gasteiger partial charge in [-0.15, -0.1) is 0 Å². The third-order valence-electron chi connectivity index (χ3n) is 3.00. The molecule has 0 aromatic heterocycles. The number of likely N-dealkylation sites (tertiary alicyclic amines) is 1. The zero-order valence-corrected chi connectivity index (χ0v) is 9.35. The number of nitrogens with one attached hydrogen (secondary N) is 1. The smallest absolute Gasteiger partial charge is 0.0983 e. The molecule has 1 fully saturated rings. The minimum absolute atomic E-state index is 0.376. The summed E-state index contributed by atoms with van der Waals surface area (Å²) in [5.74, 6) is 1.19. The summed E-state index contributed by atoms with van der Waals surface area (Å²) in [6, 6.07) is 0. The Labute approximate surface area is 81.8 Å². The van der Waals surface area contributed by atoms with Crippen LogP contribution in [-0.4, -0.2) is 23.8 Å². The van der Waals surface area contributed by atoms with Crippen molar-refractivity contribution in [3.8, 4) is 0 Å². The van der Waals surface area contributed by atoms with Gasteiger partial charge < -0.3 is 4.90 Å². The van der Waals surface area contributed by atoms with Crippen molar-refractivity contribution < 1.29 is 0 Å². The number of nitrogens with zero attached hydrogens (tertiary/aromatic N) is 1. The molecule has 1 N–H and O–H groups in total. The lowest BCUT2D eigenvalue weighted by atomic mass is 9.82. The molecular formula is C11H22N2. The van der Waals surface area contributed by atoms with Crippen LogP contribution in [0.2, 0.25) is 0 Å². The maximum atomic E-state index is 7.89. The lowest BCUT2D eigenvalue weighted by Gasteiger charge is -2.39. The van der Waals surface area contributed by atoms with Crippen molar-refractivity contribution in [2.75, 3.05) is 13.1 Å². The number of rotatable bonds is 1. The number of hydrogen-bond donors (Lipinski definition) is 1. The van der Waals surface area contributed by atoms with Gasteiger partial charge in [-0.1, -0.05) is 27.7 Å². The van der Waals surface area contributed by atoms with E-state index in [4.69, 9.17) is 5.41 Å². The number of amidine groups is 1. The van der Waals surface area contributed by atoms with Crippen molar-refractivity contribution in [2.45, 2.75) is 40.5 Å². The topological polar surface area (TPSA) is 27.1 Å². The summed E-state index contributed by atoms with van der Waals surface area (Å²) in [4.78, 5) is 2.23. The van der Waals surface area contributed by atoms with Crippen molar-refractivity contribution in [2.24, 2.45) is 11.3 Å². The van der Waals surface area contributed by atoms with Crippen LogP contribution >= 0.6 is 0 Å². The average molecular weight is 182 g/mol. The van der Waals surface area contributed by atoms with E-state index in [2.05, 4.69) is 32.6 Å². The molecule has 0 saturated carbocycles. The van der Waals surface area contributed by atoms with Crippen LogP contribution in [0.3, 0.4) is 0 Å². The Hall–Kier alpha value is -0.530. The van der Waals surface area contributed by atoms with Crippen LogP contribution in [0.5, 0.6) is 0 Å². The maximum absolute atomic E-state index is 7.89. The Bertz CT molecular complexity index is 184. The molecule has 13 heavy (non-hydrogen) atoms. The lowest BCUT2D eigenvalue weighted by Crippen LogP contribution is -2.42. The van der Waals surface area contributed by atoms with E-state index >= 15 is 0 Å². The zero-order valence-electron chi connectivity index (χ0n) is 9.35. The molecule has 1 aliphatic rings. The molecule has 0 bridgehead atoms. The van der Waals surface area contributed by atoms with Crippen molar-refractivity contribution in [1.82, 2.24) is 4.90 Å². The van der Waals surface area contributed by atoms with E-state index < -0.39 is 0 Å². The van der Waals surface area contributed by atoms with E-state index in [9.17, 15) is 0 Å². The summed E-state index contributed by atoms with van der Waals surface area (Å²) in [6.45, 7) is 11.0. The standard InChI is InChI=1S/C11H22N2/c1-9(2)10(12)13-7-5-11(3,4)6-8-13/h9,12H,5-8H2,1-4H3. The fraction of sp³-hybridized carbons (Fsp3) is 0.909. The van der Waals surface area contributed by atoms with E-state index in [0.717, 1.165) is 18.9 Å². The van der Waals surface area contributed by atoms with Gasteiger partial charge in [-0.25, -0.2) is 0 Å². The van der Waals surface area contributed by atoms with Crippen LogP contribution in [0.25, 0.3) is 0 Å². The fourth-order valence-corrected chi connectivity index (χ4v) is 1.72. The molecule has 0 atom stereocenters. The van der Waals surface area contributed by atoms with E-state index in [1.54, 1.807) is 0 Å². The molecule has 1 saturated heterocycles. The Morgan fingerprint density at radius 1 is 1.23 bits per heavy atom. The minimum Gasteiger partial charge on any atom is -0.360 e. The summed E-state index contributed by atoms with van der Waals surface area (Å²) >= 11 is 0. The van der Waals surface area contributed by atoms with E-state index in [-0.39, 0.29) is 0 Å². The van der Waals surface area contributed by atoms with Crippen molar-refractivity contribution in [3.05, 3.63) is 0 Å². The Morgan fingerprint density at radius 2 is 1.69 bits per heavy atom. The first kappa shape index (κ1) is 10.6. The SMILES string of the molecule is CC(C)C(=N)N1CCC(C)(C)CC1. The molecule has 1 heterocycles. The average Bonchev–Trinajstić information content (AvgIpc) is 2.03. The Kier molecular flexibility index (Phi) is 2.99. The van der Waals surface area contributed by atoms with Crippen LogP contribution in [0.15, 0.2) is 0 Å². The van der Waals surface area contributed by atoms with E-state index in [0.29, 0.717) is 11.3 Å². The molecule has 0 spiro atoms. The van der Waals surface area contributed by atoms with E-state index in [1.165, 1.54) is 12.8 Å². The van der Waals surface area contributed by atoms with Gasteiger partial charge in [0, 0.05) is 19.0 Å². The first-order valence-corrected chi connectivity index (χ1v) is 5.26. The van der Waals surface area contributed by atoms with Crippen LogP contribution in [-0.2, 0) is 0 Å². The van der Waals surface area contributed by atoms with Gasteiger partial charge in [0.2, 0.25) is 0 Å². The van der Waals surface area contributed by atoms with Gasteiger partial charge in [-0.05, 0) is 18.3 Å². The van der Waals surface area contributed by atoms with Gasteiger partial charge in [0.25, 0.3) is 0 Å². The van der Waals surface area contributed by atoms with Gasteiger partial charge in [-0.3, -0.25) is 5.41 Å². The van der Waals surface area contributed by atoms with Gasteiger partial charge in [0.1, 0.15) is 0 Å². The normalized spacial score (nSPS) is 22.1. The molecule has 0 aromatic carbocycles. The van der Waals surface area contributed by atoms with Crippen LogP contribution in [0, 0.1) is 16.7 Å². The summed E-state index contributed by atoms with van der Waals surface area (Å²) < 4.78 is 0. The molecule has 2 heteroatoms. The predicted molar refractivity (Wildman–Crippen MR) is 57.2 cm³/mol. The van der Waals surface area contributed by atoms with Crippen LogP contribution in [0.1, 0.15) is 40.5 Å². The van der Waals surface area contributed by atoms with Gasteiger partial charge in [0.05, 0.1) is 5.84 Å². The van der Waals surface area contributed by atoms with E-state index in [1.807, 2.05) is 0 Å². The second kappa shape index (κ2) is 3.69. The lowest BCUT2D eigenvalue weighted by molar-refractivity contribution is 0.184. The summed E-state index contributed by atoms with van der Waals surface area (Å²) in [6.07, 6.45) is 2.45. The first-order chi connectivity index (χ1) is 5.92. The molecule has 2 nitrogen and oxygen atoms in total. The highest BCUT2D eigenvalue weighted by molar-refractivity contribution is 5.81. The van der Waals surface area contributed by atoms with Crippen LogP contribution in [0.4, 0.5) is 0 Å². The number of piperidine rings is 1. The molecule has 0 aliphatic carbocycles. The van der Waals surface area contributed by atoms with Gasteiger partial charge in [0.15, 0.2) is 0 Å². The van der Waals surface area contributed by atoms with Gasteiger partial charge in [-0.2, -0.15) is 0 Å². The summed E-state index contributed by atoms with van der Waals surface area (Å²) in [5, 5.41) is 7.89. The molecule has 0 unspecified atom stereocenters. The summed E-state index contributed by atoms with van der Waals surface area (Å²) in [7, 11) is 0. The summed E-state index contributed by atoms with van der Waals surface area (Å²) in [5.41, 5.74) is 0.494. The fourth-order valence-electron chi connectivity index (χ4n) is 1.72. The largest absolute Gasteiger partial charge is 0.360 e. The highest BCUT2D eigenvalue weighted by Crippen LogP contribution is 2.30. The molecule has 0 radical (unpaired) electrons. The highest BCUT2D eigenvalue weighted by Gasteiger charge is 2.26. The Balaban J connectivity index is 2.46. The molecular weight excluding hydrogens is 160 g/mol. The molecule has 1 rings (SSSR count). The molecule has 0 amide bonds. The van der Waals surface area contributed by atoms with Crippen molar-refractivity contribution in [3.63, 3.8) is 0 Å². The van der Waals surface area contributed by atoms with Crippen LogP contribution < -0.4 is 0 Å². The monoisotopic (exact) mass is 182 g/mol. The van der Waals surface area contributed by atoms with Crippen molar-refractivity contribution in [1.29, 1.82) is 5.41 Å². The number of hydrogen-bond acceptors (Lipinski definition) is 1. The molecule has 76 valence electrons. The molecule has 0 aromatic rings. The second-order valence-corrected chi connectivity index (χ2v) is 5.19. The third kappa shape index (κ3) is 2.71. The Morgan fingerprint density at radius 3 is 2.08 bits per heavy atom.